The van der Waals surface area contributed by atoms with Gasteiger partial charge in [0.1, 0.15) is 0 Å². The van der Waals surface area contributed by atoms with Gasteiger partial charge in [-0.15, -0.1) is 0 Å². The summed E-state index contributed by atoms with van der Waals surface area (Å²) in [5.41, 5.74) is 2.28. The van der Waals surface area contributed by atoms with E-state index >= 15 is 0 Å². The average molecular weight is 281 g/mol. The Labute approximate surface area is 124 Å². The largest absolute Gasteiger partial charge is 0.337 e. The minimum Gasteiger partial charge on any atom is -0.337 e. The summed E-state index contributed by atoms with van der Waals surface area (Å²) in [7, 11) is 0. The van der Waals surface area contributed by atoms with Gasteiger partial charge in [-0.05, 0) is 25.1 Å². The molecule has 0 aliphatic carbocycles. The van der Waals surface area contributed by atoms with Crippen molar-refractivity contribution in [2.24, 2.45) is 0 Å². The molecule has 0 fully saturated rings. The van der Waals surface area contributed by atoms with E-state index in [0.29, 0.717) is 0 Å². The number of rotatable bonds is 7. The number of imidazole rings is 1. The van der Waals surface area contributed by atoms with Crippen molar-refractivity contribution >= 4 is 0 Å². The molecule has 0 spiro atoms. The molecule has 2 aromatic heterocycles. The number of hydrogen-bond acceptors (Lipinski definition) is 3. The maximum atomic E-state index is 4.39. The predicted molar refractivity (Wildman–Crippen MR) is 82.1 cm³/mol. The van der Waals surface area contributed by atoms with E-state index in [2.05, 4.69) is 38.3 Å². The monoisotopic (exact) mass is 281 g/mol. The van der Waals surface area contributed by atoms with Gasteiger partial charge in [0.25, 0.3) is 0 Å². The summed E-state index contributed by atoms with van der Waals surface area (Å²) in [4.78, 5) is 4.03. The van der Waals surface area contributed by atoms with Crippen molar-refractivity contribution in [3.8, 4) is 5.69 Å². The molecule has 108 valence electrons. The third kappa shape index (κ3) is 3.79. The van der Waals surface area contributed by atoms with Crippen LogP contribution in [-0.2, 0) is 13.1 Å². The quantitative estimate of drug-likeness (QED) is 0.676. The smallest absolute Gasteiger partial charge is 0.0945 e. The molecule has 5 nitrogen and oxygen atoms in total. The Morgan fingerprint density at radius 3 is 2.86 bits per heavy atom. The lowest BCUT2D eigenvalue weighted by atomic mass is 10.3. The molecule has 0 aliphatic rings. The Morgan fingerprint density at radius 1 is 1.14 bits per heavy atom. The first-order chi connectivity index (χ1) is 10.4. The molecular formula is C16H19N5. The summed E-state index contributed by atoms with van der Waals surface area (Å²) >= 11 is 0. The number of hydrogen-bond donors (Lipinski definition) is 1. The van der Waals surface area contributed by atoms with Gasteiger partial charge in [-0.2, -0.15) is 5.10 Å². The summed E-state index contributed by atoms with van der Waals surface area (Å²) in [5.74, 6) is 0. The second-order valence-corrected chi connectivity index (χ2v) is 4.96. The van der Waals surface area contributed by atoms with Gasteiger partial charge in [-0.25, -0.2) is 9.67 Å². The lowest BCUT2D eigenvalue weighted by Crippen LogP contribution is -2.16. The van der Waals surface area contributed by atoms with Gasteiger partial charge in [0.2, 0.25) is 0 Å². The number of benzene rings is 1. The van der Waals surface area contributed by atoms with Crippen molar-refractivity contribution in [2.75, 3.05) is 6.54 Å². The highest BCUT2D eigenvalue weighted by Gasteiger charge is 2.00. The Kier molecular flexibility index (Phi) is 4.43. The van der Waals surface area contributed by atoms with Crippen molar-refractivity contribution < 1.29 is 0 Å². The number of aromatic nitrogens is 4. The first-order valence-electron chi connectivity index (χ1n) is 7.17. The van der Waals surface area contributed by atoms with E-state index in [-0.39, 0.29) is 0 Å². The molecule has 3 aromatic rings. The van der Waals surface area contributed by atoms with Gasteiger partial charge in [0, 0.05) is 37.2 Å². The first-order valence-corrected chi connectivity index (χ1v) is 7.17. The third-order valence-corrected chi connectivity index (χ3v) is 3.31. The molecular weight excluding hydrogens is 262 g/mol. The fourth-order valence-corrected chi connectivity index (χ4v) is 2.21. The maximum Gasteiger partial charge on any atom is 0.0945 e. The van der Waals surface area contributed by atoms with E-state index in [1.54, 1.807) is 0 Å². The van der Waals surface area contributed by atoms with Gasteiger partial charge < -0.3 is 9.88 Å². The van der Waals surface area contributed by atoms with E-state index < -0.39 is 0 Å². The van der Waals surface area contributed by atoms with Crippen LogP contribution in [0.4, 0.5) is 0 Å². The second-order valence-electron chi connectivity index (χ2n) is 4.96. The SMILES string of the molecule is c1ccc(-n2cc(CNCCCn3ccnc3)cn2)cc1. The van der Waals surface area contributed by atoms with Crippen LogP contribution in [0.2, 0.25) is 0 Å². The summed E-state index contributed by atoms with van der Waals surface area (Å²) in [6, 6.07) is 10.1. The van der Waals surface area contributed by atoms with Crippen LogP contribution in [0.5, 0.6) is 0 Å². The van der Waals surface area contributed by atoms with Crippen LogP contribution >= 0.6 is 0 Å². The standard InChI is InChI=1S/C16H19N5/c1-2-5-16(6-3-1)21-13-15(12-19-21)11-17-7-4-9-20-10-8-18-14-20/h1-3,5-6,8,10,12-14,17H,4,7,9,11H2. The summed E-state index contributed by atoms with van der Waals surface area (Å²) < 4.78 is 4.00. The third-order valence-electron chi connectivity index (χ3n) is 3.31. The van der Waals surface area contributed by atoms with Crippen molar-refractivity contribution in [1.29, 1.82) is 0 Å². The minimum atomic E-state index is 0.844. The van der Waals surface area contributed by atoms with Crippen LogP contribution in [0.15, 0.2) is 61.4 Å². The number of aryl methyl sites for hydroxylation is 1. The lowest BCUT2D eigenvalue weighted by molar-refractivity contribution is 0.580. The molecule has 5 heteroatoms. The molecule has 1 N–H and O–H groups in total. The molecule has 0 unspecified atom stereocenters. The Balaban J connectivity index is 1.43. The van der Waals surface area contributed by atoms with Crippen molar-refractivity contribution in [3.05, 3.63) is 67.0 Å². The molecule has 21 heavy (non-hydrogen) atoms. The fraction of sp³-hybridized carbons (Fsp3) is 0.250. The number of nitrogens with one attached hydrogen (secondary N) is 1. The lowest BCUT2D eigenvalue weighted by Gasteiger charge is -2.04. The van der Waals surface area contributed by atoms with Gasteiger partial charge in [0.15, 0.2) is 0 Å². The maximum absolute atomic E-state index is 4.39. The van der Waals surface area contributed by atoms with Crippen LogP contribution in [0.25, 0.3) is 5.69 Å². The predicted octanol–water partition coefficient (Wildman–Crippen LogP) is 2.25. The molecule has 1 aromatic carbocycles. The average Bonchev–Trinajstić information content (AvgIpc) is 3.19. The van der Waals surface area contributed by atoms with Gasteiger partial charge in [-0.3, -0.25) is 0 Å². The molecule has 0 radical (unpaired) electrons. The molecule has 2 heterocycles. The van der Waals surface area contributed by atoms with E-state index in [1.807, 2.05) is 47.8 Å². The zero-order chi connectivity index (χ0) is 14.3. The summed E-state index contributed by atoms with van der Waals surface area (Å²) in [6.07, 6.45) is 10.7. The zero-order valence-electron chi connectivity index (χ0n) is 11.9. The second kappa shape index (κ2) is 6.85. The van der Waals surface area contributed by atoms with Crippen molar-refractivity contribution in [1.82, 2.24) is 24.6 Å². The number of nitrogens with zero attached hydrogens (tertiary/aromatic N) is 4. The van der Waals surface area contributed by atoms with Crippen LogP contribution in [0, 0.1) is 0 Å². The molecule has 0 bridgehead atoms. The van der Waals surface area contributed by atoms with Crippen molar-refractivity contribution in [2.45, 2.75) is 19.5 Å². The van der Waals surface area contributed by atoms with Crippen LogP contribution in [-0.4, -0.2) is 25.9 Å². The van der Waals surface area contributed by atoms with E-state index in [4.69, 9.17) is 0 Å². The molecule has 0 saturated heterocycles. The molecule has 0 saturated carbocycles. The highest BCUT2D eigenvalue weighted by atomic mass is 15.3. The molecule has 0 amide bonds. The highest BCUT2D eigenvalue weighted by Crippen LogP contribution is 2.07. The van der Waals surface area contributed by atoms with Gasteiger partial charge in [0.05, 0.1) is 18.2 Å². The Bertz CT molecular complexity index is 642. The number of para-hydroxylation sites is 1. The summed E-state index contributed by atoms with van der Waals surface area (Å²) in [5, 5.41) is 7.83. The fourth-order valence-electron chi connectivity index (χ4n) is 2.21. The van der Waals surface area contributed by atoms with E-state index in [9.17, 15) is 0 Å². The normalized spacial score (nSPS) is 10.9. The van der Waals surface area contributed by atoms with Crippen molar-refractivity contribution in [3.63, 3.8) is 0 Å². The molecule has 0 aliphatic heterocycles. The molecule has 3 rings (SSSR count). The van der Waals surface area contributed by atoms with Crippen LogP contribution < -0.4 is 5.32 Å². The highest BCUT2D eigenvalue weighted by molar-refractivity contribution is 5.30. The summed E-state index contributed by atoms with van der Waals surface area (Å²) in [6.45, 7) is 2.82. The topological polar surface area (TPSA) is 47.7 Å². The van der Waals surface area contributed by atoms with Crippen LogP contribution in [0.3, 0.4) is 0 Å². The van der Waals surface area contributed by atoms with E-state index in [1.165, 1.54) is 5.56 Å². The Morgan fingerprint density at radius 2 is 2.05 bits per heavy atom. The van der Waals surface area contributed by atoms with E-state index in [0.717, 1.165) is 31.7 Å². The zero-order valence-corrected chi connectivity index (χ0v) is 11.9. The first kappa shape index (κ1) is 13.6. The molecule has 0 atom stereocenters. The van der Waals surface area contributed by atoms with Crippen LogP contribution in [0.1, 0.15) is 12.0 Å². The van der Waals surface area contributed by atoms with Gasteiger partial charge >= 0.3 is 0 Å². The minimum absolute atomic E-state index is 0.844. The Hall–Kier alpha value is -2.40. The van der Waals surface area contributed by atoms with Gasteiger partial charge in [-0.1, -0.05) is 18.2 Å².